The van der Waals surface area contributed by atoms with Crippen LogP contribution in [0.4, 0.5) is 0 Å². The number of nitrogens with zero attached hydrogens (tertiary/aromatic N) is 2. The fourth-order valence-corrected chi connectivity index (χ4v) is 11.0. The Kier molecular flexibility index (Phi) is 6.86. The number of para-hydroxylation sites is 2. The Hall–Kier alpha value is -8.20. The van der Waals surface area contributed by atoms with Gasteiger partial charge in [0.2, 0.25) is 0 Å². The summed E-state index contributed by atoms with van der Waals surface area (Å²) in [5, 5.41) is 20.5. The van der Waals surface area contributed by atoms with Crippen LogP contribution in [0.5, 0.6) is 0 Å². The Morgan fingerprint density at radius 2 is 0.581 bits per heavy atom. The van der Waals surface area contributed by atoms with Gasteiger partial charge in [-0.05, 0) is 131 Å². The van der Waals surface area contributed by atoms with Gasteiger partial charge in [-0.1, -0.05) is 158 Å². The summed E-state index contributed by atoms with van der Waals surface area (Å²) in [5.74, 6) is 0. The number of hydrogen-bond donors (Lipinski definition) is 0. The van der Waals surface area contributed by atoms with Gasteiger partial charge in [-0.25, -0.2) is 0 Å². The monoisotopic (exact) mass is 784 g/mol. The lowest BCUT2D eigenvalue weighted by atomic mass is 9.91. The van der Waals surface area contributed by atoms with Gasteiger partial charge in [0.15, 0.2) is 0 Å². The molecule has 0 fully saturated rings. The third kappa shape index (κ3) is 4.58. The Bertz CT molecular complexity index is 4160. The minimum absolute atomic E-state index is 1.15. The van der Waals surface area contributed by atoms with Gasteiger partial charge in [0.25, 0.3) is 0 Å². The van der Waals surface area contributed by atoms with E-state index < -0.39 is 0 Å². The van der Waals surface area contributed by atoms with Crippen molar-refractivity contribution in [3.63, 3.8) is 0 Å². The zero-order valence-electron chi connectivity index (χ0n) is 33.7. The molecule has 2 nitrogen and oxygen atoms in total. The molecular formula is C60H36N2. The van der Waals surface area contributed by atoms with Crippen molar-refractivity contribution in [3.8, 4) is 22.5 Å². The minimum atomic E-state index is 1.15. The molecule has 0 atom stereocenters. The van der Waals surface area contributed by atoms with Crippen molar-refractivity contribution >= 4 is 108 Å². The van der Waals surface area contributed by atoms with Gasteiger partial charge < -0.3 is 9.13 Å². The molecule has 14 aromatic rings. The first kappa shape index (κ1) is 33.6. The molecule has 2 aromatic heterocycles. The maximum atomic E-state index is 2.47. The highest BCUT2D eigenvalue weighted by Gasteiger charge is 2.21. The van der Waals surface area contributed by atoms with E-state index in [0.717, 1.165) is 11.4 Å². The maximum absolute atomic E-state index is 2.47. The second kappa shape index (κ2) is 12.7. The standard InChI is InChI=1S/C60H36N2/c1-3-15-39(16-4-1)61-55-31-28-37(33-53(55)54-35-51-46-24-11-8-19-41(46)42-20-9-12-25-47(42)52(51)36-58(54)61)38-27-29-50-57(34-38)62(40-17-5-2-6-18-40)56-32-30-49-45-23-10-7-21-43(45)44-22-13-14-26-48(44)59(49)60(50)56/h1-36H. The number of hydrogen-bond acceptors (Lipinski definition) is 0. The molecule has 0 saturated carbocycles. The summed E-state index contributed by atoms with van der Waals surface area (Å²) in [6, 6.07) is 81.0. The quantitative estimate of drug-likeness (QED) is 0.158. The van der Waals surface area contributed by atoms with Crippen molar-refractivity contribution in [2.75, 3.05) is 0 Å². The van der Waals surface area contributed by atoms with Crippen LogP contribution in [0.15, 0.2) is 218 Å². The van der Waals surface area contributed by atoms with Crippen LogP contribution in [-0.2, 0) is 0 Å². The van der Waals surface area contributed by atoms with Crippen molar-refractivity contribution in [2.24, 2.45) is 0 Å². The normalized spacial score (nSPS) is 12.2. The molecule has 0 spiro atoms. The van der Waals surface area contributed by atoms with Crippen LogP contribution in [0.1, 0.15) is 0 Å². The summed E-state index contributed by atoms with van der Waals surface area (Å²) < 4.78 is 4.92. The molecule has 2 heteroatoms. The van der Waals surface area contributed by atoms with Gasteiger partial charge in [0, 0.05) is 38.3 Å². The molecule has 286 valence electrons. The van der Waals surface area contributed by atoms with Crippen LogP contribution in [0, 0.1) is 0 Å². The van der Waals surface area contributed by atoms with Crippen LogP contribution in [-0.4, -0.2) is 9.13 Å². The highest BCUT2D eigenvalue weighted by molar-refractivity contribution is 6.35. The fraction of sp³-hybridized carbons (Fsp3) is 0. The molecule has 2 heterocycles. The van der Waals surface area contributed by atoms with Gasteiger partial charge >= 0.3 is 0 Å². The SMILES string of the molecule is c1ccc(-n2c3ccc(-c4ccc5c6c7c8ccccc8c8ccccc8c7ccc6n(-c6ccccc6)c5c4)cc3c3cc4c5ccccc5c5ccccc5c4cc32)cc1. The predicted molar refractivity (Wildman–Crippen MR) is 266 cm³/mol. The van der Waals surface area contributed by atoms with Crippen molar-refractivity contribution < 1.29 is 0 Å². The fourth-order valence-electron chi connectivity index (χ4n) is 11.0. The Balaban J connectivity index is 1.07. The average molecular weight is 785 g/mol. The molecule has 0 N–H and O–H groups in total. The molecule has 0 aliphatic heterocycles. The van der Waals surface area contributed by atoms with E-state index >= 15 is 0 Å². The van der Waals surface area contributed by atoms with Crippen LogP contribution in [0.25, 0.3) is 131 Å². The van der Waals surface area contributed by atoms with Gasteiger partial charge in [-0.15, -0.1) is 0 Å². The molecule has 0 unspecified atom stereocenters. The number of aromatic nitrogens is 2. The summed E-state index contributed by atoms with van der Waals surface area (Å²) in [6.45, 7) is 0. The third-order valence-corrected chi connectivity index (χ3v) is 13.6. The smallest absolute Gasteiger partial charge is 0.0547 e. The van der Waals surface area contributed by atoms with E-state index in [4.69, 9.17) is 0 Å². The molecule has 0 saturated heterocycles. The van der Waals surface area contributed by atoms with Crippen molar-refractivity contribution in [1.29, 1.82) is 0 Å². The van der Waals surface area contributed by atoms with Crippen molar-refractivity contribution in [2.45, 2.75) is 0 Å². The second-order valence-electron chi connectivity index (χ2n) is 16.8. The summed E-state index contributed by atoms with van der Waals surface area (Å²) in [4.78, 5) is 0. The van der Waals surface area contributed by atoms with E-state index in [1.54, 1.807) is 0 Å². The molecule has 0 bridgehead atoms. The van der Waals surface area contributed by atoms with E-state index in [9.17, 15) is 0 Å². The predicted octanol–water partition coefficient (Wildman–Crippen LogP) is 16.5. The number of benzene rings is 12. The molecule has 0 aliphatic rings. The van der Waals surface area contributed by atoms with E-state index in [1.165, 1.54) is 119 Å². The molecule has 0 radical (unpaired) electrons. The van der Waals surface area contributed by atoms with E-state index in [-0.39, 0.29) is 0 Å². The minimum Gasteiger partial charge on any atom is -0.309 e. The van der Waals surface area contributed by atoms with E-state index in [0.29, 0.717) is 0 Å². The first-order valence-corrected chi connectivity index (χ1v) is 21.5. The van der Waals surface area contributed by atoms with Crippen LogP contribution in [0.2, 0.25) is 0 Å². The topological polar surface area (TPSA) is 9.86 Å². The average Bonchev–Trinajstić information content (AvgIpc) is 3.85. The highest BCUT2D eigenvalue weighted by atomic mass is 15.0. The highest BCUT2D eigenvalue weighted by Crippen LogP contribution is 2.46. The lowest BCUT2D eigenvalue weighted by Gasteiger charge is -2.12. The molecule has 0 aliphatic carbocycles. The molecule has 62 heavy (non-hydrogen) atoms. The summed E-state index contributed by atoms with van der Waals surface area (Å²) in [6.07, 6.45) is 0. The van der Waals surface area contributed by atoms with Gasteiger partial charge in [-0.2, -0.15) is 0 Å². The third-order valence-electron chi connectivity index (χ3n) is 13.6. The lowest BCUT2D eigenvalue weighted by molar-refractivity contribution is 1.18. The largest absolute Gasteiger partial charge is 0.309 e. The summed E-state index contributed by atoms with van der Waals surface area (Å²) in [7, 11) is 0. The maximum Gasteiger partial charge on any atom is 0.0547 e. The van der Waals surface area contributed by atoms with Crippen LogP contribution >= 0.6 is 0 Å². The van der Waals surface area contributed by atoms with Gasteiger partial charge in [-0.3, -0.25) is 0 Å². The van der Waals surface area contributed by atoms with Crippen molar-refractivity contribution in [1.82, 2.24) is 9.13 Å². The van der Waals surface area contributed by atoms with Gasteiger partial charge in [0.1, 0.15) is 0 Å². The Morgan fingerprint density at radius 3 is 1.18 bits per heavy atom. The first-order valence-electron chi connectivity index (χ1n) is 21.5. The van der Waals surface area contributed by atoms with Crippen LogP contribution in [0.3, 0.4) is 0 Å². The van der Waals surface area contributed by atoms with E-state index in [1.807, 2.05) is 0 Å². The van der Waals surface area contributed by atoms with Crippen molar-refractivity contribution in [3.05, 3.63) is 218 Å². The Morgan fingerprint density at radius 1 is 0.194 bits per heavy atom. The zero-order valence-corrected chi connectivity index (χ0v) is 33.7. The molecular weight excluding hydrogens is 749 g/mol. The first-order chi connectivity index (χ1) is 30.8. The lowest BCUT2D eigenvalue weighted by Crippen LogP contribution is -1.94. The summed E-state index contributed by atoms with van der Waals surface area (Å²) in [5.41, 5.74) is 9.52. The molecule has 12 aromatic carbocycles. The van der Waals surface area contributed by atoms with Gasteiger partial charge in [0.05, 0.1) is 22.1 Å². The molecule has 14 rings (SSSR count). The zero-order chi connectivity index (χ0) is 40.5. The number of rotatable bonds is 3. The van der Waals surface area contributed by atoms with Crippen LogP contribution < -0.4 is 0 Å². The second-order valence-corrected chi connectivity index (χ2v) is 16.8. The number of fused-ring (bicyclic) bond motifs is 19. The Labute approximate surface area is 356 Å². The summed E-state index contributed by atoms with van der Waals surface area (Å²) >= 11 is 0. The van der Waals surface area contributed by atoms with E-state index in [2.05, 4.69) is 228 Å². The molecule has 0 amide bonds.